The maximum absolute atomic E-state index is 13.9. The molecule has 9 atom stereocenters. The van der Waals surface area contributed by atoms with Crippen molar-refractivity contribution < 1.29 is 41.8 Å². The first-order chi connectivity index (χ1) is 27.6. The predicted octanol–water partition coefficient (Wildman–Crippen LogP) is 5.11. The largest absolute Gasteiger partial charge is 0.387 e. The monoisotopic (exact) mass is 836 g/mol. The third-order valence-corrected chi connectivity index (χ3v) is 12.7. The summed E-state index contributed by atoms with van der Waals surface area (Å²) in [5.41, 5.74) is 3.88. The summed E-state index contributed by atoms with van der Waals surface area (Å²) >= 11 is 4.28. The minimum atomic E-state index is -4.25. The molecular formula is C35H38N10O9P2S. The van der Waals surface area contributed by atoms with E-state index in [4.69, 9.17) is 27.6 Å². The number of anilines is 2. The van der Waals surface area contributed by atoms with Crippen molar-refractivity contribution in [2.24, 2.45) is 0 Å². The molecule has 3 aliphatic rings. The van der Waals surface area contributed by atoms with E-state index in [9.17, 15) is 14.2 Å². The van der Waals surface area contributed by atoms with Crippen molar-refractivity contribution in [1.82, 2.24) is 39.0 Å². The van der Waals surface area contributed by atoms with Gasteiger partial charge >= 0.3 is 14.4 Å². The molecular weight excluding hydrogens is 798 g/mol. The van der Waals surface area contributed by atoms with Gasteiger partial charge in [0.1, 0.15) is 43.3 Å². The zero-order valence-electron chi connectivity index (χ0n) is 30.3. The van der Waals surface area contributed by atoms with Crippen molar-refractivity contribution in [3.63, 3.8) is 0 Å². The second kappa shape index (κ2) is 15.8. The molecule has 3 N–H and O–H groups in total. The van der Waals surface area contributed by atoms with Gasteiger partial charge in [0.05, 0.1) is 32.0 Å². The molecule has 0 spiro atoms. The smallest absolute Gasteiger partial charge is 0.386 e. The fourth-order valence-electron chi connectivity index (χ4n) is 7.09. The Labute approximate surface area is 330 Å². The molecule has 6 aromatic rings. The number of nitrogens with one attached hydrogen (secondary N) is 2. The Morgan fingerprint density at radius 2 is 1.32 bits per heavy atom. The fraction of sp³-hybridized carbons (Fsp3) is 0.371. The fourth-order valence-corrected chi connectivity index (χ4v) is 9.74. The third-order valence-electron chi connectivity index (χ3n) is 9.86. The van der Waals surface area contributed by atoms with Crippen LogP contribution in [0.3, 0.4) is 0 Å². The van der Waals surface area contributed by atoms with Gasteiger partial charge in [0, 0.05) is 26.2 Å². The molecule has 7 heterocycles. The lowest BCUT2D eigenvalue weighted by Gasteiger charge is -2.26. The van der Waals surface area contributed by atoms with Crippen LogP contribution in [0, 0.1) is 0 Å². The number of aromatic nitrogens is 8. The van der Waals surface area contributed by atoms with Gasteiger partial charge in [-0.3, -0.25) is 22.7 Å². The number of imidazole rings is 2. The summed E-state index contributed by atoms with van der Waals surface area (Å²) in [7, 11) is -3.83. The summed E-state index contributed by atoms with van der Waals surface area (Å²) in [6.07, 6.45) is -1.44. The quantitative estimate of drug-likeness (QED) is 0.116. The van der Waals surface area contributed by atoms with Crippen molar-refractivity contribution in [2.45, 2.75) is 62.5 Å². The zero-order valence-corrected chi connectivity index (χ0v) is 33.0. The van der Waals surface area contributed by atoms with Gasteiger partial charge in [0.2, 0.25) is 0 Å². The standard InChI is InChI=1S/C35H38N10O9P2S/c1-55(47)49-16-25-29(46)30(35(52-25)45-20-43-28-32(39-18-41-34(28)45)37-14-22-10-6-3-7-11-22)54-56(48,57)50-15-24-23(53-55)12-26(51-24)44-19-42-27-31(38-17-40-33(27)44)36-13-21-8-4-2-5-9-21/h2-11,17-20,23-26,29-30,35,46H,12-16H2,1H3,(H,48,57)(H,36,38,40)(H,37,39,41)/t23-,24+,25+,26+,29+,30+,35+,55?,56-/m0/s1. The molecule has 4 aromatic heterocycles. The molecule has 298 valence electrons. The maximum atomic E-state index is 13.9. The number of aliphatic hydroxyl groups is 1. The Balaban J connectivity index is 0.943. The number of aliphatic hydroxyl groups excluding tert-OH is 1. The Morgan fingerprint density at radius 3 is 1.95 bits per heavy atom. The van der Waals surface area contributed by atoms with Gasteiger partial charge in [-0.05, 0) is 11.1 Å². The number of hydrogen-bond acceptors (Lipinski definition) is 17. The summed E-state index contributed by atoms with van der Waals surface area (Å²) < 4.78 is 67.3. The number of nitrogens with zero attached hydrogens (tertiary/aromatic N) is 8. The van der Waals surface area contributed by atoms with Gasteiger partial charge in [-0.1, -0.05) is 72.9 Å². The molecule has 3 saturated heterocycles. The molecule has 2 bridgehead atoms. The van der Waals surface area contributed by atoms with Crippen molar-refractivity contribution in [1.29, 1.82) is 0 Å². The molecule has 57 heavy (non-hydrogen) atoms. The minimum Gasteiger partial charge on any atom is -0.387 e. The van der Waals surface area contributed by atoms with E-state index in [1.807, 2.05) is 60.7 Å². The van der Waals surface area contributed by atoms with Crippen LogP contribution in [-0.4, -0.2) is 94.5 Å². The van der Waals surface area contributed by atoms with Crippen LogP contribution in [0.4, 0.5) is 11.6 Å². The lowest BCUT2D eigenvalue weighted by molar-refractivity contribution is -0.0575. The van der Waals surface area contributed by atoms with Crippen LogP contribution < -0.4 is 10.6 Å². The van der Waals surface area contributed by atoms with E-state index in [0.29, 0.717) is 47.1 Å². The lowest BCUT2D eigenvalue weighted by Crippen LogP contribution is -2.35. The molecule has 9 rings (SSSR count). The van der Waals surface area contributed by atoms with Crippen LogP contribution in [-0.2, 0) is 49.8 Å². The second-order valence-electron chi connectivity index (χ2n) is 13.7. The maximum Gasteiger partial charge on any atom is 0.386 e. The Kier molecular flexibility index (Phi) is 10.6. The summed E-state index contributed by atoms with van der Waals surface area (Å²) in [4.78, 5) is 26.7. The zero-order chi connectivity index (χ0) is 39.1. The Bertz CT molecular complexity index is 2470. The van der Waals surface area contributed by atoms with Gasteiger partial charge in [0.25, 0.3) is 0 Å². The highest BCUT2D eigenvalue weighted by molar-refractivity contribution is 8.44. The second-order valence-corrected chi connectivity index (χ2v) is 18.6. The van der Waals surface area contributed by atoms with Crippen molar-refractivity contribution in [3.05, 3.63) is 97.1 Å². The SMILES string of the molecule is CP1(=O)OC[C@H]2O[C@@H](n3cnc4c(NCc5ccccc5)ncnc43)[C@H](O[P@@](=O)(S)OC[C@H]3O[C@@H](n4cnc5c(NCc6ccccc6)ncnc54)C[C@@H]3O1)[C@@H]2O. The number of fused-ring (bicyclic) bond motifs is 5. The summed E-state index contributed by atoms with van der Waals surface area (Å²) in [5.74, 6) is 1.00. The molecule has 19 nitrogen and oxygen atoms in total. The first-order valence-corrected chi connectivity index (χ1v) is 22.8. The average Bonchev–Trinajstić information content (AvgIpc) is 4.00. The normalized spacial score (nSPS) is 30.7. The van der Waals surface area contributed by atoms with Gasteiger partial charge in [-0.15, -0.1) is 0 Å². The van der Waals surface area contributed by atoms with E-state index in [0.717, 1.165) is 11.1 Å². The van der Waals surface area contributed by atoms with E-state index in [-0.39, 0.29) is 19.6 Å². The highest BCUT2D eigenvalue weighted by Gasteiger charge is 2.51. The molecule has 0 amide bonds. The average molecular weight is 837 g/mol. The van der Waals surface area contributed by atoms with Crippen LogP contribution in [0.15, 0.2) is 86.0 Å². The van der Waals surface area contributed by atoms with Gasteiger partial charge < -0.3 is 34.3 Å². The van der Waals surface area contributed by atoms with E-state index in [1.54, 1.807) is 10.9 Å². The van der Waals surface area contributed by atoms with Crippen LogP contribution in [0.5, 0.6) is 0 Å². The molecule has 3 aliphatic heterocycles. The van der Waals surface area contributed by atoms with Crippen molar-refractivity contribution in [2.75, 3.05) is 30.5 Å². The van der Waals surface area contributed by atoms with Gasteiger partial charge in [-0.25, -0.2) is 34.5 Å². The number of rotatable bonds is 8. The van der Waals surface area contributed by atoms with Crippen LogP contribution >= 0.6 is 26.6 Å². The highest BCUT2D eigenvalue weighted by Crippen LogP contribution is 2.58. The minimum absolute atomic E-state index is 0.181. The highest BCUT2D eigenvalue weighted by atomic mass is 32.7. The molecule has 0 radical (unpaired) electrons. The van der Waals surface area contributed by atoms with Crippen molar-refractivity contribution >= 4 is 60.6 Å². The lowest BCUT2D eigenvalue weighted by atomic mass is 10.1. The van der Waals surface area contributed by atoms with Crippen molar-refractivity contribution in [3.8, 4) is 0 Å². The molecule has 0 saturated carbocycles. The molecule has 0 aliphatic carbocycles. The molecule has 3 fully saturated rings. The number of thiol groups is 1. The van der Waals surface area contributed by atoms with E-state index < -0.39 is 57.4 Å². The first kappa shape index (κ1) is 38.2. The summed E-state index contributed by atoms with van der Waals surface area (Å²) in [6.45, 7) is -2.62. The van der Waals surface area contributed by atoms with Gasteiger partial charge in [-0.2, -0.15) is 0 Å². The summed E-state index contributed by atoms with van der Waals surface area (Å²) in [5, 5.41) is 18.1. The number of ether oxygens (including phenoxy) is 2. The molecule has 2 aromatic carbocycles. The summed E-state index contributed by atoms with van der Waals surface area (Å²) in [6, 6.07) is 19.7. The Hall–Kier alpha value is -4.33. The number of benzene rings is 2. The van der Waals surface area contributed by atoms with Crippen LogP contribution in [0.1, 0.15) is 30.0 Å². The number of hydrogen-bond donors (Lipinski definition) is 4. The predicted molar refractivity (Wildman–Crippen MR) is 208 cm³/mol. The first-order valence-electron chi connectivity index (χ1n) is 18.1. The van der Waals surface area contributed by atoms with Crippen LogP contribution in [0.25, 0.3) is 22.3 Å². The Morgan fingerprint density at radius 1 is 0.737 bits per heavy atom. The van der Waals surface area contributed by atoms with E-state index >= 15 is 0 Å². The molecule has 1 unspecified atom stereocenters. The topological polar surface area (TPSA) is 221 Å². The van der Waals surface area contributed by atoms with E-state index in [2.05, 4.69) is 52.8 Å². The van der Waals surface area contributed by atoms with E-state index in [1.165, 1.54) is 30.2 Å². The molecule has 22 heteroatoms. The van der Waals surface area contributed by atoms with Gasteiger partial charge in [0.15, 0.2) is 40.2 Å². The van der Waals surface area contributed by atoms with Crippen LogP contribution in [0.2, 0.25) is 0 Å². The third kappa shape index (κ3) is 8.07.